The maximum absolute atomic E-state index is 13.2. The minimum atomic E-state index is -3.91. The molecule has 1 atom stereocenters. The molecule has 1 unspecified atom stereocenters. The number of benzene rings is 2. The van der Waals surface area contributed by atoms with Gasteiger partial charge in [0.2, 0.25) is 0 Å². The molecule has 144 valence electrons. The number of carbonyl (C=O) groups is 1. The summed E-state index contributed by atoms with van der Waals surface area (Å²) in [6.07, 6.45) is 0.260. The van der Waals surface area contributed by atoms with Gasteiger partial charge in [-0.25, -0.2) is 8.42 Å². The molecule has 0 saturated carbocycles. The van der Waals surface area contributed by atoms with Gasteiger partial charge >= 0.3 is 5.97 Å². The summed E-state index contributed by atoms with van der Waals surface area (Å²) in [5, 5.41) is 9.44. The van der Waals surface area contributed by atoms with Crippen LogP contribution in [0.4, 0.5) is 5.69 Å². The van der Waals surface area contributed by atoms with Gasteiger partial charge in [0.15, 0.2) is 0 Å². The van der Waals surface area contributed by atoms with E-state index < -0.39 is 16.0 Å². The number of aliphatic carboxylic acids is 1. The van der Waals surface area contributed by atoms with Crippen molar-refractivity contribution in [2.45, 2.75) is 23.7 Å². The predicted molar refractivity (Wildman–Crippen MR) is 104 cm³/mol. The first kappa shape index (κ1) is 19.8. The second-order valence-electron chi connectivity index (χ2n) is 6.20. The monoisotopic (exact) mass is 429 g/mol. The van der Waals surface area contributed by atoms with Crippen LogP contribution < -0.4 is 9.04 Å². The first-order valence-electron chi connectivity index (χ1n) is 8.11. The maximum Gasteiger partial charge on any atom is 0.303 e. The minimum absolute atomic E-state index is 0.0133. The minimum Gasteiger partial charge on any atom is -0.497 e. The third-order valence-electron chi connectivity index (χ3n) is 4.46. The number of rotatable bonds is 6. The number of anilines is 1. The van der Waals surface area contributed by atoms with Crippen LogP contribution in [-0.2, 0) is 14.8 Å². The summed E-state index contributed by atoms with van der Waals surface area (Å²) in [5.41, 5.74) is 1.24. The number of sulfonamides is 1. The van der Waals surface area contributed by atoms with E-state index in [1.165, 1.54) is 29.6 Å². The SMILES string of the molecule is COc1ccc2c(c1)C(CCC(=O)O)CN2S(=O)(=O)c1cc(Cl)cc(Cl)c1. The van der Waals surface area contributed by atoms with Crippen LogP contribution in [0.3, 0.4) is 0 Å². The fraction of sp³-hybridized carbons (Fsp3) is 0.278. The lowest BCUT2D eigenvalue weighted by Gasteiger charge is -2.20. The van der Waals surface area contributed by atoms with Gasteiger partial charge in [0, 0.05) is 28.9 Å². The summed E-state index contributed by atoms with van der Waals surface area (Å²) in [7, 11) is -2.39. The van der Waals surface area contributed by atoms with Crippen molar-refractivity contribution in [2.24, 2.45) is 0 Å². The Labute approximate surface area is 167 Å². The molecule has 0 aliphatic carbocycles. The molecule has 1 heterocycles. The number of hydrogen-bond acceptors (Lipinski definition) is 4. The molecule has 3 rings (SSSR count). The highest BCUT2D eigenvalue weighted by Crippen LogP contribution is 2.43. The second kappa shape index (κ2) is 7.58. The smallest absolute Gasteiger partial charge is 0.303 e. The van der Waals surface area contributed by atoms with Crippen LogP contribution in [0, 0.1) is 0 Å². The van der Waals surface area contributed by atoms with E-state index in [-0.39, 0.29) is 33.8 Å². The van der Waals surface area contributed by atoms with E-state index in [2.05, 4.69) is 0 Å². The third-order valence-corrected chi connectivity index (χ3v) is 6.65. The fourth-order valence-electron chi connectivity index (χ4n) is 3.19. The van der Waals surface area contributed by atoms with Crippen molar-refractivity contribution in [3.05, 3.63) is 52.0 Å². The van der Waals surface area contributed by atoms with Crippen LogP contribution in [0.25, 0.3) is 0 Å². The van der Waals surface area contributed by atoms with Gasteiger partial charge in [-0.2, -0.15) is 0 Å². The van der Waals surface area contributed by atoms with Crippen molar-refractivity contribution in [3.8, 4) is 5.75 Å². The lowest BCUT2D eigenvalue weighted by molar-refractivity contribution is -0.137. The van der Waals surface area contributed by atoms with Crippen molar-refractivity contribution in [1.82, 2.24) is 0 Å². The molecule has 0 spiro atoms. The lowest BCUT2D eigenvalue weighted by atomic mass is 9.96. The maximum atomic E-state index is 13.2. The molecule has 9 heteroatoms. The number of carboxylic acid groups (broad SMARTS) is 1. The molecule has 6 nitrogen and oxygen atoms in total. The number of carboxylic acids is 1. The van der Waals surface area contributed by atoms with Gasteiger partial charge < -0.3 is 9.84 Å². The van der Waals surface area contributed by atoms with E-state index in [0.29, 0.717) is 17.9 Å². The number of ether oxygens (including phenoxy) is 1. The summed E-state index contributed by atoms with van der Waals surface area (Å²) in [4.78, 5) is 11.0. The highest BCUT2D eigenvalue weighted by Gasteiger charge is 2.37. The largest absolute Gasteiger partial charge is 0.497 e. The summed E-state index contributed by atoms with van der Waals surface area (Å²) >= 11 is 11.9. The van der Waals surface area contributed by atoms with E-state index in [0.717, 1.165) is 5.56 Å². The highest BCUT2D eigenvalue weighted by atomic mass is 35.5. The van der Waals surface area contributed by atoms with Gasteiger partial charge in [-0.05, 0) is 48.4 Å². The Kier molecular flexibility index (Phi) is 5.55. The summed E-state index contributed by atoms with van der Waals surface area (Å²) in [5.74, 6) is -0.600. The molecule has 2 aromatic rings. The topological polar surface area (TPSA) is 83.9 Å². The second-order valence-corrected chi connectivity index (χ2v) is 8.93. The van der Waals surface area contributed by atoms with Crippen molar-refractivity contribution in [3.63, 3.8) is 0 Å². The van der Waals surface area contributed by atoms with Crippen molar-refractivity contribution in [2.75, 3.05) is 18.0 Å². The standard InChI is InChI=1S/C18H17Cl2NO5S/c1-26-14-3-4-17-16(9-14)11(2-5-18(22)23)10-21(17)27(24,25)15-7-12(19)6-13(20)8-15/h3-4,6-9,11H,2,5,10H2,1H3,(H,22,23). The van der Waals surface area contributed by atoms with Gasteiger partial charge in [0.1, 0.15) is 5.75 Å². The van der Waals surface area contributed by atoms with Gasteiger partial charge in [-0.3, -0.25) is 9.10 Å². The van der Waals surface area contributed by atoms with Crippen LogP contribution in [0.5, 0.6) is 5.75 Å². The number of nitrogens with zero attached hydrogens (tertiary/aromatic N) is 1. The molecule has 0 amide bonds. The Morgan fingerprint density at radius 2 is 1.89 bits per heavy atom. The Hall–Kier alpha value is -1.96. The van der Waals surface area contributed by atoms with E-state index >= 15 is 0 Å². The average Bonchev–Trinajstić information content (AvgIpc) is 2.97. The number of fused-ring (bicyclic) bond motifs is 1. The zero-order valence-corrected chi connectivity index (χ0v) is 16.7. The zero-order chi connectivity index (χ0) is 19.8. The van der Waals surface area contributed by atoms with Gasteiger partial charge in [-0.15, -0.1) is 0 Å². The van der Waals surface area contributed by atoms with E-state index in [1.54, 1.807) is 18.2 Å². The Balaban J connectivity index is 2.05. The van der Waals surface area contributed by atoms with E-state index in [9.17, 15) is 13.2 Å². The zero-order valence-electron chi connectivity index (χ0n) is 14.4. The number of methoxy groups -OCH3 is 1. The van der Waals surface area contributed by atoms with Crippen LogP contribution in [0.2, 0.25) is 10.0 Å². The Morgan fingerprint density at radius 3 is 2.48 bits per heavy atom. The van der Waals surface area contributed by atoms with E-state index in [1.807, 2.05) is 0 Å². The average molecular weight is 430 g/mol. The summed E-state index contributed by atoms with van der Waals surface area (Å²) in [6, 6.07) is 9.24. The molecule has 1 aliphatic rings. The van der Waals surface area contributed by atoms with Gasteiger partial charge in [0.25, 0.3) is 10.0 Å². The molecular formula is C18H17Cl2NO5S. The molecule has 1 aliphatic heterocycles. The summed E-state index contributed by atoms with van der Waals surface area (Å²) < 4.78 is 32.9. The van der Waals surface area contributed by atoms with Crippen LogP contribution in [0.15, 0.2) is 41.3 Å². The molecule has 2 aromatic carbocycles. The first-order chi connectivity index (χ1) is 12.7. The lowest BCUT2D eigenvalue weighted by Crippen LogP contribution is -2.30. The third kappa shape index (κ3) is 4.00. The van der Waals surface area contributed by atoms with Crippen molar-refractivity contribution >= 4 is 44.9 Å². The Morgan fingerprint density at radius 1 is 1.22 bits per heavy atom. The molecular weight excluding hydrogens is 413 g/mol. The normalized spacial score (nSPS) is 16.3. The van der Waals surface area contributed by atoms with Crippen LogP contribution >= 0.6 is 23.2 Å². The van der Waals surface area contributed by atoms with Crippen LogP contribution in [0.1, 0.15) is 24.3 Å². The van der Waals surface area contributed by atoms with Crippen molar-refractivity contribution < 1.29 is 23.1 Å². The molecule has 1 N–H and O–H groups in total. The molecule has 27 heavy (non-hydrogen) atoms. The fourth-order valence-corrected chi connectivity index (χ4v) is 5.45. The predicted octanol–water partition coefficient (Wildman–Crippen LogP) is 4.16. The highest BCUT2D eigenvalue weighted by molar-refractivity contribution is 7.92. The number of hydrogen-bond donors (Lipinski definition) is 1. The van der Waals surface area contributed by atoms with Crippen molar-refractivity contribution in [1.29, 1.82) is 0 Å². The summed E-state index contributed by atoms with van der Waals surface area (Å²) in [6.45, 7) is 0.141. The molecule has 0 radical (unpaired) electrons. The number of halogens is 2. The van der Waals surface area contributed by atoms with E-state index in [4.69, 9.17) is 33.0 Å². The molecule has 0 aromatic heterocycles. The quantitative estimate of drug-likeness (QED) is 0.744. The molecule has 0 fully saturated rings. The first-order valence-corrected chi connectivity index (χ1v) is 10.3. The van der Waals surface area contributed by atoms with Crippen LogP contribution in [-0.4, -0.2) is 33.1 Å². The Bertz CT molecular complexity index is 973. The molecule has 0 saturated heterocycles. The van der Waals surface area contributed by atoms with Gasteiger partial charge in [-0.1, -0.05) is 23.2 Å². The molecule has 0 bridgehead atoms. The van der Waals surface area contributed by atoms with Gasteiger partial charge in [0.05, 0.1) is 17.7 Å².